The molecule has 1 N–H and O–H groups in total. The lowest BCUT2D eigenvalue weighted by Gasteiger charge is -2.12. The Kier molecular flexibility index (Phi) is 4.39. The summed E-state index contributed by atoms with van der Waals surface area (Å²) in [6.45, 7) is 4.07. The highest BCUT2D eigenvalue weighted by Gasteiger charge is 2.39. The largest absolute Gasteiger partial charge is 0.453 e. The van der Waals surface area contributed by atoms with E-state index < -0.39 is 0 Å². The van der Waals surface area contributed by atoms with Gasteiger partial charge in [0, 0.05) is 18.9 Å². The molecule has 27 heavy (non-hydrogen) atoms. The molecule has 2 saturated carbocycles. The van der Waals surface area contributed by atoms with Crippen LogP contribution in [0.15, 0.2) is 12.1 Å². The average Bonchev–Trinajstić information content (AvgIpc) is 3.54. The Bertz CT molecular complexity index is 923. The number of benzene rings is 1. The number of rotatable bonds is 6. The van der Waals surface area contributed by atoms with E-state index in [-0.39, 0.29) is 12.5 Å². The van der Waals surface area contributed by atoms with Gasteiger partial charge in [0.25, 0.3) is 0 Å². The molecular formula is C21H24N4O2. The molecule has 1 amide bonds. The van der Waals surface area contributed by atoms with Crippen LogP contribution in [0.4, 0.5) is 0 Å². The summed E-state index contributed by atoms with van der Waals surface area (Å²) in [5.74, 6) is 2.33. The summed E-state index contributed by atoms with van der Waals surface area (Å²) >= 11 is 0. The predicted molar refractivity (Wildman–Crippen MR) is 101 cm³/mol. The summed E-state index contributed by atoms with van der Waals surface area (Å²) in [5.41, 5.74) is 4.53. The van der Waals surface area contributed by atoms with Gasteiger partial charge in [0.1, 0.15) is 18.0 Å². The van der Waals surface area contributed by atoms with Gasteiger partial charge in [0.2, 0.25) is 5.91 Å². The van der Waals surface area contributed by atoms with Crippen molar-refractivity contribution >= 4 is 5.91 Å². The smallest absolute Gasteiger partial charge is 0.241 e. The first-order valence-corrected chi connectivity index (χ1v) is 9.52. The molecule has 0 bridgehead atoms. The van der Waals surface area contributed by atoms with Crippen LogP contribution in [-0.4, -0.2) is 22.7 Å². The fourth-order valence-corrected chi connectivity index (χ4v) is 3.57. The normalized spacial score (nSPS) is 16.1. The molecule has 0 aliphatic heterocycles. The maximum absolute atomic E-state index is 12.0. The predicted octanol–water partition coefficient (Wildman–Crippen LogP) is 3.66. The lowest BCUT2D eigenvalue weighted by Crippen LogP contribution is -2.25. The molecule has 6 heteroatoms. The highest BCUT2D eigenvalue weighted by molar-refractivity contribution is 5.75. The van der Waals surface area contributed by atoms with Crippen LogP contribution in [0.1, 0.15) is 65.6 Å². The minimum Gasteiger partial charge on any atom is -0.453 e. The van der Waals surface area contributed by atoms with Crippen molar-refractivity contribution in [2.45, 2.75) is 57.9 Å². The molecule has 0 saturated heterocycles. The molecular weight excluding hydrogens is 340 g/mol. The van der Waals surface area contributed by atoms with Gasteiger partial charge in [0.05, 0.1) is 17.3 Å². The third kappa shape index (κ3) is 3.42. The standard InChI is InChI=1S/C21H24N4O2/c1-12-8-16(9-13(2)17(12)10-22)27-21-19(14-4-5-14)24-25(11-18(26)23-3)20(21)15-6-7-15/h8-9,14-15H,4-7,11H2,1-3H3,(H,23,26). The summed E-state index contributed by atoms with van der Waals surface area (Å²) in [4.78, 5) is 12.0. The Morgan fingerprint density at radius 3 is 2.41 bits per heavy atom. The van der Waals surface area contributed by atoms with E-state index in [1.165, 1.54) is 0 Å². The molecule has 0 radical (unpaired) electrons. The third-order valence-corrected chi connectivity index (χ3v) is 5.31. The van der Waals surface area contributed by atoms with E-state index in [4.69, 9.17) is 9.84 Å². The van der Waals surface area contributed by atoms with Crippen LogP contribution in [-0.2, 0) is 11.3 Å². The molecule has 1 heterocycles. The first-order chi connectivity index (χ1) is 13.0. The maximum atomic E-state index is 12.0. The Morgan fingerprint density at radius 2 is 1.89 bits per heavy atom. The van der Waals surface area contributed by atoms with Gasteiger partial charge in [-0.25, -0.2) is 0 Å². The number of ether oxygens (including phenoxy) is 1. The third-order valence-electron chi connectivity index (χ3n) is 5.31. The number of likely N-dealkylation sites (N-methyl/N-ethyl adjacent to an activating group) is 1. The number of hydrogen-bond donors (Lipinski definition) is 1. The second kappa shape index (κ2) is 6.73. The molecule has 0 unspecified atom stereocenters. The first kappa shape index (κ1) is 17.6. The van der Waals surface area contributed by atoms with Gasteiger partial charge < -0.3 is 10.1 Å². The zero-order valence-corrected chi connectivity index (χ0v) is 16.0. The van der Waals surface area contributed by atoms with E-state index in [0.29, 0.717) is 17.4 Å². The zero-order valence-electron chi connectivity index (χ0n) is 16.0. The molecule has 1 aromatic carbocycles. The number of aryl methyl sites for hydroxylation is 2. The molecule has 2 fully saturated rings. The van der Waals surface area contributed by atoms with Crippen molar-refractivity contribution in [2.75, 3.05) is 7.05 Å². The Hall–Kier alpha value is -2.81. The minimum absolute atomic E-state index is 0.0571. The molecule has 0 spiro atoms. The number of carbonyl (C=O) groups is 1. The number of nitriles is 1. The van der Waals surface area contributed by atoms with Crippen LogP contribution in [0.25, 0.3) is 0 Å². The quantitative estimate of drug-likeness (QED) is 0.848. The van der Waals surface area contributed by atoms with Gasteiger partial charge in [-0.15, -0.1) is 0 Å². The van der Waals surface area contributed by atoms with Gasteiger partial charge in [-0.2, -0.15) is 10.4 Å². The average molecular weight is 364 g/mol. The van der Waals surface area contributed by atoms with Crippen molar-refractivity contribution in [3.63, 3.8) is 0 Å². The summed E-state index contributed by atoms with van der Waals surface area (Å²) in [6, 6.07) is 6.07. The number of nitrogens with zero attached hydrogens (tertiary/aromatic N) is 3. The lowest BCUT2D eigenvalue weighted by molar-refractivity contribution is -0.121. The Morgan fingerprint density at radius 1 is 1.26 bits per heavy atom. The molecule has 2 aliphatic rings. The lowest BCUT2D eigenvalue weighted by atomic mass is 10.0. The van der Waals surface area contributed by atoms with E-state index in [1.54, 1.807) is 7.05 Å². The van der Waals surface area contributed by atoms with Crippen LogP contribution < -0.4 is 10.1 Å². The summed E-state index contributed by atoms with van der Waals surface area (Å²) in [5, 5.41) is 16.8. The topological polar surface area (TPSA) is 79.9 Å². The van der Waals surface area contributed by atoms with Crippen molar-refractivity contribution in [3.05, 3.63) is 40.2 Å². The van der Waals surface area contributed by atoms with Gasteiger partial charge in [-0.05, 0) is 62.8 Å². The fourth-order valence-electron chi connectivity index (χ4n) is 3.57. The number of aromatic nitrogens is 2. The highest BCUT2D eigenvalue weighted by atomic mass is 16.5. The first-order valence-electron chi connectivity index (χ1n) is 9.52. The van der Waals surface area contributed by atoms with E-state index in [2.05, 4.69) is 11.4 Å². The zero-order chi connectivity index (χ0) is 19.1. The molecule has 2 aliphatic carbocycles. The van der Waals surface area contributed by atoms with E-state index in [0.717, 1.165) is 59.7 Å². The summed E-state index contributed by atoms with van der Waals surface area (Å²) in [6.07, 6.45) is 4.43. The second-order valence-electron chi connectivity index (χ2n) is 7.62. The van der Waals surface area contributed by atoms with Gasteiger partial charge in [0.15, 0.2) is 5.75 Å². The SMILES string of the molecule is CNC(=O)Cn1nc(C2CC2)c(Oc2cc(C)c(C#N)c(C)c2)c1C1CC1. The van der Waals surface area contributed by atoms with Gasteiger partial charge in [-0.3, -0.25) is 9.48 Å². The summed E-state index contributed by atoms with van der Waals surface area (Å²) < 4.78 is 8.21. The van der Waals surface area contributed by atoms with Gasteiger partial charge >= 0.3 is 0 Å². The molecule has 1 aromatic heterocycles. The van der Waals surface area contributed by atoms with Crippen LogP contribution >= 0.6 is 0 Å². The van der Waals surface area contributed by atoms with E-state index >= 15 is 0 Å². The van der Waals surface area contributed by atoms with Crippen LogP contribution in [0.2, 0.25) is 0 Å². The Labute approximate surface area is 159 Å². The van der Waals surface area contributed by atoms with E-state index in [9.17, 15) is 10.1 Å². The molecule has 2 aromatic rings. The fraction of sp³-hybridized carbons (Fsp3) is 0.476. The van der Waals surface area contributed by atoms with Crippen molar-refractivity contribution in [1.82, 2.24) is 15.1 Å². The molecule has 6 nitrogen and oxygen atoms in total. The van der Waals surface area contributed by atoms with Crippen molar-refractivity contribution in [2.24, 2.45) is 0 Å². The molecule has 140 valence electrons. The number of amides is 1. The highest BCUT2D eigenvalue weighted by Crippen LogP contribution is 2.52. The minimum atomic E-state index is -0.0571. The van der Waals surface area contributed by atoms with E-state index in [1.807, 2.05) is 30.7 Å². The number of nitrogens with one attached hydrogen (secondary N) is 1. The monoisotopic (exact) mass is 364 g/mol. The van der Waals surface area contributed by atoms with Crippen molar-refractivity contribution in [3.8, 4) is 17.6 Å². The van der Waals surface area contributed by atoms with Crippen LogP contribution in [0.5, 0.6) is 11.5 Å². The Balaban J connectivity index is 1.75. The van der Waals surface area contributed by atoms with Crippen LogP contribution in [0, 0.1) is 25.2 Å². The molecule has 0 atom stereocenters. The number of hydrogen-bond acceptors (Lipinski definition) is 4. The van der Waals surface area contributed by atoms with Gasteiger partial charge in [-0.1, -0.05) is 0 Å². The van der Waals surface area contributed by atoms with Crippen LogP contribution in [0.3, 0.4) is 0 Å². The van der Waals surface area contributed by atoms with Crippen molar-refractivity contribution < 1.29 is 9.53 Å². The second-order valence-corrected chi connectivity index (χ2v) is 7.62. The molecule has 4 rings (SSSR count). The van der Waals surface area contributed by atoms with Crippen molar-refractivity contribution in [1.29, 1.82) is 5.26 Å². The maximum Gasteiger partial charge on any atom is 0.241 e. The summed E-state index contributed by atoms with van der Waals surface area (Å²) in [7, 11) is 1.64. The number of carbonyl (C=O) groups excluding carboxylic acids is 1.